The maximum absolute atomic E-state index is 3.72. The van der Waals surface area contributed by atoms with E-state index in [1.54, 1.807) is 5.56 Å². The van der Waals surface area contributed by atoms with Crippen LogP contribution in [0.3, 0.4) is 0 Å². The lowest BCUT2D eigenvalue weighted by Gasteiger charge is -2.33. The van der Waals surface area contributed by atoms with Gasteiger partial charge in [-0.1, -0.05) is 24.5 Å². The van der Waals surface area contributed by atoms with E-state index in [9.17, 15) is 0 Å². The molecule has 2 aromatic rings. The maximum atomic E-state index is 3.72. The zero-order chi connectivity index (χ0) is 13.0. The smallest absolute Gasteiger partial charge is 0.0488 e. The Morgan fingerprint density at radius 2 is 1.84 bits per heavy atom. The Balaban J connectivity index is 1.89. The van der Waals surface area contributed by atoms with Crippen LogP contribution in [0, 0.1) is 19.3 Å². The van der Waals surface area contributed by atoms with Crippen LogP contribution in [0.2, 0.25) is 0 Å². The lowest BCUT2D eigenvalue weighted by molar-refractivity contribution is 0.255. The van der Waals surface area contributed by atoms with Crippen LogP contribution in [0.25, 0.3) is 10.9 Å². The minimum Gasteiger partial charge on any atom is -0.358 e. The van der Waals surface area contributed by atoms with Crippen molar-refractivity contribution in [3.05, 3.63) is 34.5 Å². The van der Waals surface area contributed by atoms with E-state index in [1.807, 2.05) is 0 Å². The molecule has 19 heavy (non-hydrogen) atoms. The van der Waals surface area contributed by atoms with Crippen molar-refractivity contribution in [3.63, 3.8) is 0 Å². The Labute approximate surface area is 115 Å². The van der Waals surface area contributed by atoms with Crippen molar-refractivity contribution in [1.29, 1.82) is 0 Å². The molecule has 1 aromatic heterocycles. The summed E-state index contributed by atoms with van der Waals surface area (Å²) in [6.45, 7) is 4.46. The number of hydrogen-bond donors (Lipinski definition) is 1. The van der Waals surface area contributed by atoms with Gasteiger partial charge in [0.2, 0.25) is 0 Å². The van der Waals surface area contributed by atoms with Crippen LogP contribution in [-0.4, -0.2) is 4.98 Å². The quantitative estimate of drug-likeness (QED) is 0.692. The third kappa shape index (κ3) is 1.67. The van der Waals surface area contributed by atoms with Crippen LogP contribution in [-0.2, 0) is 12.8 Å². The zero-order valence-corrected chi connectivity index (χ0v) is 12.1. The molecule has 1 aromatic carbocycles. The second-order valence-corrected chi connectivity index (χ2v) is 6.97. The van der Waals surface area contributed by atoms with E-state index in [4.69, 9.17) is 0 Å². The molecule has 4 rings (SSSR count). The number of hydrogen-bond acceptors (Lipinski definition) is 0. The number of nitrogens with one attached hydrogen (secondary N) is 1. The van der Waals surface area contributed by atoms with Crippen molar-refractivity contribution < 1.29 is 0 Å². The van der Waals surface area contributed by atoms with Gasteiger partial charge in [0, 0.05) is 16.6 Å². The first-order chi connectivity index (χ1) is 9.17. The summed E-state index contributed by atoms with van der Waals surface area (Å²) < 4.78 is 0. The highest BCUT2D eigenvalue weighted by Gasteiger charge is 2.38. The molecule has 0 saturated heterocycles. The minimum absolute atomic E-state index is 0.653. The third-order valence-corrected chi connectivity index (χ3v) is 5.57. The molecule has 1 saturated carbocycles. The second kappa shape index (κ2) is 3.88. The van der Waals surface area contributed by atoms with Crippen molar-refractivity contribution >= 4 is 10.9 Å². The molecule has 2 aliphatic rings. The Morgan fingerprint density at radius 3 is 2.63 bits per heavy atom. The molecule has 0 radical (unpaired) electrons. The molecule has 0 aliphatic heterocycles. The van der Waals surface area contributed by atoms with E-state index in [1.165, 1.54) is 72.7 Å². The number of aromatic amines is 1. The van der Waals surface area contributed by atoms with Crippen molar-refractivity contribution in [2.24, 2.45) is 5.41 Å². The Morgan fingerprint density at radius 1 is 1.05 bits per heavy atom. The predicted molar refractivity (Wildman–Crippen MR) is 80.7 cm³/mol. The summed E-state index contributed by atoms with van der Waals surface area (Å²) in [4.78, 5) is 3.72. The molecular weight excluding hydrogens is 230 g/mol. The van der Waals surface area contributed by atoms with Crippen LogP contribution < -0.4 is 0 Å². The number of H-pyrrole nitrogens is 1. The zero-order valence-electron chi connectivity index (χ0n) is 12.1. The van der Waals surface area contributed by atoms with E-state index < -0.39 is 0 Å². The summed E-state index contributed by atoms with van der Waals surface area (Å²) in [5, 5.41) is 1.51. The topological polar surface area (TPSA) is 15.8 Å². The number of aromatic nitrogens is 1. The van der Waals surface area contributed by atoms with Gasteiger partial charge >= 0.3 is 0 Å². The van der Waals surface area contributed by atoms with Gasteiger partial charge in [0.15, 0.2) is 0 Å². The summed E-state index contributed by atoms with van der Waals surface area (Å²) in [6.07, 6.45) is 9.83. The Hall–Kier alpha value is -1.24. The summed E-state index contributed by atoms with van der Waals surface area (Å²) in [7, 11) is 0. The number of rotatable bonds is 0. The monoisotopic (exact) mass is 253 g/mol. The summed E-state index contributed by atoms with van der Waals surface area (Å²) >= 11 is 0. The van der Waals surface area contributed by atoms with Crippen LogP contribution in [0.5, 0.6) is 0 Å². The number of aryl methyl sites for hydroxylation is 3. The fraction of sp³-hybridized carbons (Fsp3) is 0.556. The maximum Gasteiger partial charge on any atom is 0.0488 e. The molecule has 1 fully saturated rings. The normalized spacial score (nSPS) is 21.2. The van der Waals surface area contributed by atoms with Crippen molar-refractivity contribution in [2.45, 2.75) is 58.8 Å². The lowest BCUT2D eigenvalue weighted by atomic mass is 9.71. The van der Waals surface area contributed by atoms with E-state index in [-0.39, 0.29) is 0 Å². The van der Waals surface area contributed by atoms with Gasteiger partial charge in [-0.15, -0.1) is 0 Å². The van der Waals surface area contributed by atoms with Gasteiger partial charge in [0.25, 0.3) is 0 Å². The molecular formula is C18H23N. The molecule has 1 heterocycles. The highest BCUT2D eigenvalue weighted by atomic mass is 14.7. The molecule has 1 N–H and O–H groups in total. The van der Waals surface area contributed by atoms with Gasteiger partial charge < -0.3 is 4.98 Å². The first-order valence-corrected chi connectivity index (χ1v) is 7.78. The van der Waals surface area contributed by atoms with Gasteiger partial charge in [-0.25, -0.2) is 0 Å². The molecule has 1 nitrogen and oxygen atoms in total. The van der Waals surface area contributed by atoms with E-state index in [0.717, 1.165) is 0 Å². The molecule has 0 atom stereocenters. The van der Waals surface area contributed by atoms with Crippen LogP contribution in [0.4, 0.5) is 0 Å². The van der Waals surface area contributed by atoms with Gasteiger partial charge in [0.05, 0.1) is 0 Å². The van der Waals surface area contributed by atoms with E-state index >= 15 is 0 Å². The molecule has 100 valence electrons. The minimum atomic E-state index is 0.653. The first kappa shape index (κ1) is 11.6. The lowest BCUT2D eigenvalue weighted by Crippen LogP contribution is -2.25. The van der Waals surface area contributed by atoms with Crippen molar-refractivity contribution in [2.75, 3.05) is 0 Å². The molecule has 1 spiro atoms. The van der Waals surface area contributed by atoms with Crippen molar-refractivity contribution in [1.82, 2.24) is 4.98 Å². The average molecular weight is 253 g/mol. The second-order valence-electron chi connectivity index (χ2n) is 6.97. The average Bonchev–Trinajstić information content (AvgIpc) is 2.96. The van der Waals surface area contributed by atoms with E-state index in [0.29, 0.717) is 5.41 Å². The summed E-state index contributed by atoms with van der Waals surface area (Å²) in [5.74, 6) is 0. The summed E-state index contributed by atoms with van der Waals surface area (Å²) in [6, 6.07) is 4.70. The molecule has 0 amide bonds. The van der Waals surface area contributed by atoms with Crippen LogP contribution >= 0.6 is 0 Å². The Kier molecular flexibility index (Phi) is 2.36. The molecule has 2 aliphatic carbocycles. The molecule has 0 bridgehead atoms. The van der Waals surface area contributed by atoms with Crippen LogP contribution in [0.1, 0.15) is 54.5 Å². The van der Waals surface area contributed by atoms with E-state index in [2.05, 4.69) is 31.0 Å². The number of benzene rings is 1. The third-order valence-electron chi connectivity index (χ3n) is 5.57. The highest BCUT2D eigenvalue weighted by Crippen LogP contribution is 2.49. The van der Waals surface area contributed by atoms with Crippen LogP contribution in [0.15, 0.2) is 12.1 Å². The predicted octanol–water partition coefficient (Wildman–Crippen LogP) is 4.83. The largest absolute Gasteiger partial charge is 0.358 e. The summed E-state index contributed by atoms with van der Waals surface area (Å²) in [5.41, 5.74) is 8.03. The SMILES string of the molecule is Cc1cc(C)c2[nH]c3c(c2c1)CC1(CCCC1)CC3. The highest BCUT2D eigenvalue weighted by molar-refractivity contribution is 5.88. The Bertz CT molecular complexity index is 641. The molecule has 0 unspecified atom stereocenters. The van der Waals surface area contributed by atoms with Gasteiger partial charge in [-0.05, 0) is 68.6 Å². The van der Waals surface area contributed by atoms with Gasteiger partial charge in [0.1, 0.15) is 0 Å². The fourth-order valence-corrected chi connectivity index (χ4v) is 4.58. The first-order valence-electron chi connectivity index (χ1n) is 7.78. The standard InChI is InChI=1S/C18H23N/c1-12-9-13(2)17-14(10-12)15-11-18(6-3-4-7-18)8-5-16(15)19-17/h9-10,19H,3-8,11H2,1-2H3. The number of fused-ring (bicyclic) bond motifs is 3. The molecule has 1 heteroatoms. The van der Waals surface area contributed by atoms with Crippen molar-refractivity contribution in [3.8, 4) is 0 Å². The fourth-order valence-electron chi connectivity index (χ4n) is 4.58. The van der Waals surface area contributed by atoms with Gasteiger partial charge in [-0.2, -0.15) is 0 Å². The van der Waals surface area contributed by atoms with Gasteiger partial charge in [-0.3, -0.25) is 0 Å².